The normalized spacial score (nSPS) is 17.5. The molecule has 1 aromatic rings. The summed E-state index contributed by atoms with van der Waals surface area (Å²) >= 11 is 5.60. The summed E-state index contributed by atoms with van der Waals surface area (Å²) in [4.78, 5) is 4.10. The Morgan fingerprint density at radius 1 is 1.37 bits per heavy atom. The average Bonchev–Trinajstić information content (AvgIpc) is 2.43. The van der Waals surface area contributed by atoms with Gasteiger partial charge in [0.15, 0.2) is 0 Å². The third-order valence-corrected chi connectivity index (χ3v) is 3.44. The van der Waals surface area contributed by atoms with Crippen LogP contribution in [0.25, 0.3) is 0 Å². The number of alkyl halides is 1. The van der Waals surface area contributed by atoms with Gasteiger partial charge in [0.2, 0.25) is 0 Å². The van der Waals surface area contributed by atoms with Gasteiger partial charge in [-0.3, -0.25) is 0 Å². The molecule has 0 aliphatic heterocycles. The number of rotatable bonds is 4. The minimum absolute atomic E-state index is 0.110. The topological polar surface area (TPSA) is 47.6 Å². The highest BCUT2D eigenvalue weighted by atomic mass is 35.5. The van der Waals surface area contributed by atoms with Crippen LogP contribution in [0.5, 0.6) is 5.75 Å². The highest BCUT2D eigenvalue weighted by molar-refractivity contribution is 6.28. The van der Waals surface area contributed by atoms with Crippen LogP contribution in [0.4, 0.5) is 10.1 Å². The Morgan fingerprint density at radius 2 is 2.11 bits per heavy atom. The number of hydrogen-bond acceptors (Lipinski definition) is 2. The summed E-state index contributed by atoms with van der Waals surface area (Å²) in [6, 6.07) is 4.29. The van der Waals surface area contributed by atoms with Crippen LogP contribution in [-0.2, 0) is 0 Å². The van der Waals surface area contributed by atoms with Crippen molar-refractivity contribution in [2.45, 2.75) is 38.2 Å². The number of nitrogens with two attached hydrogens (primary N) is 1. The molecule has 0 radical (unpaired) electrons. The van der Waals surface area contributed by atoms with Crippen molar-refractivity contribution < 1.29 is 9.13 Å². The summed E-state index contributed by atoms with van der Waals surface area (Å²) in [5.41, 5.74) is 6.00. The standard InChI is InChI=1S/C14H18ClFN2O/c15-9-14(17)18-12-8-10(16)6-7-13(12)19-11-4-2-1-3-5-11/h6-8,11H,1-5,9H2,(H2,17,18). The quantitative estimate of drug-likeness (QED) is 0.520. The fourth-order valence-corrected chi connectivity index (χ4v) is 2.28. The summed E-state index contributed by atoms with van der Waals surface area (Å²) in [7, 11) is 0. The van der Waals surface area contributed by atoms with Crippen LogP contribution in [0.15, 0.2) is 23.2 Å². The molecule has 1 aromatic carbocycles. The zero-order chi connectivity index (χ0) is 13.7. The SMILES string of the molecule is NC(CCl)=Nc1cc(F)ccc1OC1CCCCC1. The molecule has 0 unspecified atom stereocenters. The highest BCUT2D eigenvalue weighted by Gasteiger charge is 2.16. The molecule has 1 aliphatic rings. The zero-order valence-electron chi connectivity index (χ0n) is 10.7. The number of ether oxygens (including phenoxy) is 1. The predicted molar refractivity (Wildman–Crippen MR) is 75.9 cm³/mol. The molecule has 0 amide bonds. The molecule has 0 heterocycles. The smallest absolute Gasteiger partial charge is 0.145 e. The van der Waals surface area contributed by atoms with Crippen molar-refractivity contribution in [2.75, 3.05) is 5.88 Å². The van der Waals surface area contributed by atoms with Crippen LogP contribution in [0, 0.1) is 5.82 Å². The molecule has 2 N–H and O–H groups in total. The van der Waals surface area contributed by atoms with E-state index >= 15 is 0 Å². The fourth-order valence-electron chi connectivity index (χ4n) is 2.22. The minimum Gasteiger partial charge on any atom is -0.488 e. The molecule has 1 fully saturated rings. The minimum atomic E-state index is -0.364. The maximum absolute atomic E-state index is 13.3. The summed E-state index contributed by atoms with van der Waals surface area (Å²) in [5, 5.41) is 0. The maximum Gasteiger partial charge on any atom is 0.145 e. The van der Waals surface area contributed by atoms with Gasteiger partial charge in [-0.15, -0.1) is 11.6 Å². The summed E-state index contributed by atoms with van der Waals surface area (Å²) in [6.45, 7) is 0. The van der Waals surface area contributed by atoms with E-state index in [1.807, 2.05) is 0 Å². The molecule has 0 bridgehead atoms. The van der Waals surface area contributed by atoms with Crippen molar-refractivity contribution in [1.29, 1.82) is 0 Å². The Morgan fingerprint density at radius 3 is 2.79 bits per heavy atom. The Hall–Kier alpha value is -1.29. The average molecular weight is 285 g/mol. The molecule has 1 aliphatic carbocycles. The van der Waals surface area contributed by atoms with Crippen molar-refractivity contribution in [3.63, 3.8) is 0 Å². The molecular weight excluding hydrogens is 267 g/mol. The van der Waals surface area contributed by atoms with E-state index in [0.717, 1.165) is 12.8 Å². The Kier molecular flexibility index (Phi) is 5.02. The Balaban J connectivity index is 2.18. The van der Waals surface area contributed by atoms with Crippen LogP contribution in [0.1, 0.15) is 32.1 Å². The van der Waals surface area contributed by atoms with E-state index in [1.165, 1.54) is 31.4 Å². The van der Waals surface area contributed by atoms with Gasteiger partial charge in [-0.25, -0.2) is 9.38 Å². The maximum atomic E-state index is 13.3. The molecule has 19 heavy (non-hydrogen) atoms. The first-order valence-electron chi connectivity index (χ1n) is 6.54. The molecule has 1 saturated carbocycles. The summed E-state index contributed by atoms with van der Waals surface area (Å²) in [6.07, 6.45) is 5.86. The number of amidine groups is 1. The monoisotopic (exact) mass is 284 g/mol. The lowest BCUT2D eigenvalue weighted by molar-refractivity contribution is 0.155. The molecule has 0 saturated heterocycles. The van der Waals surface area contributed by atoms with Crippen molar-refractivity contribution in [3.05, 3.63) is 24.0 Å². The second-order valence-electron chi connectivity index (χ2n) is 4.73. The number of halogens is 2. The molecule has 0 spiro atoms. The van der Waals surface area contributed by atoms with Crippen molar-refractivity contribution in [3.8, 4) is 5.75 Å². The van der Waals surface area contributed by atoms with E-state index in [-0.39, 0.29) is 23.6 Å². The first kappa shape index (κ1) is 14.1. The van der Waals surface area contributed by atoms with Crippen molar-refractivity contribution in [1.82, 2.24) is 0 Å². The molecule has 0 atom stereocenters. The third-order valence-electron chi connectivity index (χ3n) is 3.17. The number of aliphatic imine (C=N–C) groups is 1. The van der Waals surface area contributed by atoms with E-state index in [1.54, 1.807) is 6.07 Å². The lowest BCUT2D eigenvalue weighted by Gasteiger charge is -2.23. The second-order valence-corrected chi connectivity index (χ2v) is 4.99. The van der Waals surface area contributed by atoms with Gasteiger partial charge in [-0.05, 0) is 37.8 Å². The van der Waals surface area contributed by atoms with E-state index in [2.05, 4.69) is 4.99 Å². The van der Waals surface area contributed by atoms with E-state index < -0.39 is 0 Å². The van der Waals surface area contributed by atoms with E-state index in [4.69, 9.17) is 22.1 Å². The molecule has 104 valence electrons. The van der Waals surface area contributed by atoms with E-state index in [0.29, 0.717) is 11.4 Å². The fraction of sp³-hybridized carbons (Fsp3) is 0.500. The number of hydrogen-bond donors (Lipinski definition) is 1. The van der Waals surface area contributed by atoms with Gasteiger partial charge in [0, 0.05) is 6.07 Å². The van der Waals surface area contributed by atoms with Crippen LogP contribution >= 0.6 is 11.6 Å². The second kappa shape index (κ2) is 6.75. The van der Waals surface area contributed by atoms with Gasteiger partial charge in [-0.1, -0.05) is 6.42 Å². The molecular formula is C14H18ClFN2O. The van der Waals surface area contributed by atoms with Gasteiger partial charge in [0.1, 0.15) is 23.1 Å². The molecule has 2 rings (SSSR count). The molecule has 3 nitrogen and oxygen atoms in total. The summed E-state index contributed by atoms with van der Waals surface area (Å²) < 4.78 is 19.2. The highest BCUT2D eigenvalue weighted by Crippen LogP contribution is 2.32. The predicted octanol–water partition coefficient (Wildman–Crippen LogP) is 3.76. The van der Waals surface area contributed by atoms with Crippen LogP contribution in [0.2, 0.25) is 0 Å². The van der Waals surface area contributed by atoms with Crippen LogP contribution in [0.3, 0.4) is 0 Å². The number of nitrogens with zero attached hydrogens (tertiary/aromatic N) is 1. The van der Waals surface area contributed by atoms with Gasteiger partial charge in [-0.2, -0.15) is 0 Å². The van der Waals surface area contributed by atoms with Crippen molar-refractivity contribution >= 4 is 23.1 Å². The lowest BCUT2D eigenvalue weighted by Crippen LogP contribution is -2.20. The van der Waals surface area contributed by atoms with Gasteiger partial charge in [0.05, 0.1) is 12.0 Å². The van der Waals surface area contributed by atoms with Gasteiger partial charge >= 0.3 is 0 Å². The Labute approximate surface area is 117 Å². The first-order chi connectivity index (χ1) is 9.19. The molecule has 0 aromatic heterocycles. The number of benzene rings is 1. The largest absolute Gasteiger partial charge is 0.488 e. The van der Waals surface area contributed by atoms with Crippen molar-refractivity contribution in [2.24, 2.45) is 10.7 Å². The van der Waals surface area contributed by atoms with Crippen LogP contribution < -0.4 is 10.5 Å². The first-order valence-corrected chi connectivity index (χ1v) is 7.07. The summed E-state index contributed by atoms with van der Waals surface area (Å²) in [5.74, 6) is 0.568. The lowest BCUT2D eigenvalue weighted by atomic mass is 9.98. The molecule has 5 heteroatoms. The van der Waals surface area contributed by atoms with Gasteiger partial charge < -0.3 is 10.5 Å². The van der Waals surface area contributed by atoms with Gasteiger partial charge in [0.25, 0.3) is 0 Å². The third kappa shape index (κ3) is 4.10. The van der Waals surface area contributed by atoms with Crippen LogP contribution in [-0.4, -0.2) is 17.8 Å². The Bertz CT molecular complexity index is 459. The van der Waals surface area contributed by atoms with E-state index in [9.17, 15) is 4.39 Å². The zero-order valence-corrected chi connectivity index (χ0v) is 11.5.